The highest BCUT2D eigenvalue weighted by molar-refractivity contribution is 5.80. The van der Waals surface area contributed by atoms with E-state index < -0.39 is 17.7 Å². The van der Waals surface area contributed by atoms with Gasteiger partial charge >= 0.3 is 12.1 Å². The highest BCUT2D eigenvalue weighted by atomic mass is 19.4. The lowest BCUT2D eigenvalue weighted by atomic mass is 9.93. The lowest BCUT2D eigenvalue weighted by Gasteiger charge is -2.32. The molecule has 2 N–H and O–H groups in total. The summed E-state index contributed by atoms with van der Waals surface area (Å²) in [5.41, 5.74) is 2.24. The minimum atomic E-state index is -4.41. The zero-order valence-corrected chi connectivity index (χ0v) is 18.6. The topological polar surface area (TPSA) is 95.0 Å². The Bertz CT molecular complexity index is 1340. The maximum atomic E-state index is 13.0. The van der Waals surface area contributed by atoms with Crippen LogP contribution < -0.4 is 4.90 Å². The number of benzene rings is 1. The molecule has 0 radical (unpaired) electrons. The van der Waals surface area contributed by atoms with Gasteiger partial charge in [-0.05, 0) is 61.2 Å². The van der Waals surface area contributed by atoms with E-state index in [9.17, 15) is 18.0 Å². The number of carboxylic acid groups (broad SMARTS) is 1. The monoisotopic (exact) mass is 481 g/mol. The number of rotatable bonds is 5. The molecule has 0 atom stereocenters. The molecule has 0 unspecified atom stereocenters. The number of carbonyl (C=O) groups is 1. The number of carboxylic acids is 1. The largest absolute Gasteiger partial charge is 0.481 e. The summed E-state index contributed by atoms with van der Waals surface area (Å²) < 4.78 is 38.9. The summed E-state index contributed by atoms with van der Waals surface area (Å²) in [7, 11) is 0. The van der Waals surface area contributed by atoms with Gasteiger partial charge in [0, 0.05) is 43.0 Å². The Kier molecular flexibility index (Phi) is 5.88. The number of aromatic nitrogens is 4. The molecule has 0 spiro atoms. The van der Waals surface area contributed by atoms with Crippen LogP contribution in [0.25, 0.3) is 33.7 Å². The second-order valence-corrected chi connectivity index (χ2v) is 8.68. The lowest BCUT2D eigenvalue weighted by Crippen LogP contribution is -2.34. The molecule has 180 valence electrons. The molecule has 0 amide bonds. The Balaban J connectivity index is 1.28. The van der Waals surface area contributed by atoms with Gasteiger partial charge in [0.2, 0.25) is 0 Å². The van der Waals surface area contributed by atoms with Crippen molar-refractivity contribution in [3.63, 3.8) is 0 Å². The van der Waals surface area contributed by atoms with Gasteiger partial charge in [-0.2, -0.15) is 13.2 Å². The Morgan fingerprint density at radius 1 is 1.03 bits per heavy atom. The predicted octanol–water partition coefficient (Wildman–Crippen LogP) is 5.40. The smallest absolute Gasteiger partial charge is 0.416 e. The number of halogens is 3. The summed E-state index contributed by atoms with van der Waals surface area (Å²) in [6.45, 7) is 1.55. The molecule has 4 aromatic rings. The fourth-order valence-corrected chi connectivity index (χ4v) is 4.37. The average Bonchev–Trinajstić information content (AvgIpc) is 3.28. The maximum absolute atomic E-state index is 13.0. The Morgan fingerprint density at radius 3 is 2.40 bits per heavy atom. The number of aliphatic carboxylic acids is 1. The molecule has 7 nitrogen and oxygen atoms in total. The van der Waals surface area contributed by atoms with E-state index in [2.05, 4.69) is 24.8 Å². The molecular formula is C25H22F3N5O2. The first-order valence-electron chi connectivity index (χ1n) is 11.2. The number of piperidine rings is 1. The van der Waals surface area contributed by atoms with Gasteiger partial charge in [0.05, 0.1) is 22.3 Å². The number of aromatic amines is 1. The molecule has 1 fully saturated rings. The van der Waals surface area contributed by atoms with E-state index in [-0.39, 0.29) is 12.3 Å². The number of nitrogens with one attached hydrogen (secondary N) is 1. The van der Waals surface area contributed by atoms with E-state index in [1.54, 1.807) is 12.4 Å². The second-order valence-electron chi connectivity index (χ2n) is 8.68. The molecule has 1 aliphatic rings. The summed E-state index contributed by atoms with van der Waals surface area (Å²) in [5.74, 6) is 0.752. The standard InChI is InChI=1S/C25H22F3N5O2/c26-25(27,28)18-3-5-20-21(12-18)32-24(31-20)17-1-4-19(29-14-17)16-2-6-22(30-13-16)33-9-7-15(8-10-33)11-23(34)35/h1-6,12-15H,7-11H2,(H,31,32)(H,34,35). The zero-order chi connectivity index (χ0) is 24.6. The van der Waals surface area contributed by atoms with Crippen LogP contribution in [0, 0.1) is 5.92 Å². The Morgan fingerprint density at radius 2 is 1.77 bits per heavy atom. The fraction of sp³-hybridized carbons (Fsp3) is 0.280. The molecule has 5 rings (SSSR count). The number of pyridine rings is 2. The van der Waals surface area contributed by atoms with Crippen LogP contribution in [-0.2, 0) is 11.0 Å². The summed E-state index contributed by atoms with van der Waals surface area (Å²) in [6, 6.07) is 10.9. The van der Waals surface area contributed by atoms with Crippen molar-refractivity contribution in [2.45, 2.75) is 25.4 Å². The van der Waals surface area contributed by atoms with E-state index in [1.807, 2.05) is 24.3 Å². The molecule has 0 bridgehead atoms. The Labute approximate surface area is 198 Å². The SMILES string of the molecule is O=C(O)CC1CCN(c2ccc(-c3ccc(-c4nc5ccc(C(F)(F)F)cc5[nH]4)cn3)cn2)CC1. The van der Waals surface area contributed by atoms with Crippen LogP contribution in [0.1, 0.15) is 24.8 Å². The molecule has 3 aromatic heterocycles. The van der Waals surface area contributed by atoms with Crippen LogP contribution in [0.3, 0.4) is 0 Å². The summed E-state index contributed by atoms with van der Waals surface area (Å²) >= 11 is 0. The first-order chi connectivity index (χ1) is 16.8. The number of nitrogens with zero attached hydrogens (tertiary/aromatic N) is 4. The van der Waals surface area contributed by atoms with Crippen molar-refractivity contribution in [3.05, 3.63) is 60.4 Å². The molecule has 4 heterocycles. The number of hydrogen-bond donors (Lipinski definition) is 2. The molecular weight excluding hydrogens is 459 g/mol. The third kappa shape index (κ3) is 4.96. The second kappa shape index (κ2) is 9.01. The van der Waals surface area contributed by atoms with Crippen molar-refractivity contribution < 1.29 is 23.1 Å². The van der Waals surface area contributed by atoms with Gasteiger partial charge in [-0.15, -0.1) is 0 Å². The van der Waals surface area contributed by atoms with E-state index in [1.165, 1.54) is 6.07 Å². The van der Waals surface area contributed by atoms with Crippen LogP contribution in [0.5, 0.6) is 0 Å². The quantitative estimate of drug-likeness (QED) is 0.397. The van der Waals surface area contributed by atoms with Crippen molar-refractivity contribution in [1.82, 2.24) is 19.9 Å². The van der Waals surface area contributed by atoms with Gasteiger partial charge in [-0.25, -0.2) is 9.97 Å². The molecule has 10 heteroatoms. The van der Waals surface area contributed by atoms with Crippen molar-refractivity contribution in [1.29, 1.82) is 0 Å². The first kappa shape index (κ1) is 22.8. The molecule has 0 saturated carbocycles. The third-order valence-corrected chi connectivity index (χ3v) is 6.29. The lowest BCUT2D eigenvalue weighted by molar-refractivity contribution is -0.138. The van der Waals surface area contributed by atoms with Crippen molar-refractivity contribution >= 4 is 22.8 Å². The van der Waals surface area contributed by atoms with Crippen molar-refractivity contribution in [2.75, 3.05) is 18.0 Å². The van der Waals surface area contributed by atoms with Gasteiger partial charge in [0.15, 0.2) is 0 Å². The average molecular weight is 481 g/mol. The maximum Gasteiger partial charge on any atom is 0.416 e. The molecule has 0 aliphatic carbocycles. The van der Waals surface area contributed by atoms with Gasteiger partial charge in [0.1, 0.15) is 11.6 Å². The fourth-order valence-electron chi connectivity index (χ4n) is 4.37. The van der Waals surface area contributed by atoms with E-state index >= 15 is 0 Å². The van der Waals surface area contributed by atoms with Crippen LogP contribution in [0.4, 0.5) is 19.0 Å². The molecule has 35 heavy (non-hydrogen) atoms. The summed E-state index contributed by atoms with van der Waals surface area (Å²) in [6.07, 6.45) is 0.836. The third-order valence-electron chi connectivity index (χ3n) is 6.29. The summed E-state index contributed by atoms with van der Waals surface area (Å²) in [5, 5.41) is 8.96. The van der Waals surface area contributed by atoms with E-state index in [4.69, 9.17) is 5.11 Å². The molecule has 1 aliphatic heterocycles. The molecule has 1 aromatic carbocycles. The van der Waals surface area contributed by atoms with Crippen LogP contribution in [-0.4, -0.2) is 44.1 Å². The van der Waals surface area contributed by atoms with Gasteiger partial charge < -0.3 is 15.0 Å². The Hall–Kier alpha value is -3.95. The minimum Gasteiger partial charge on any atom is -0.481 e. The van der Waals surface area contributed by atoms with Crippen LogP contribution >= 0.6 is 0 Å². The number of alkyl halides is 3. The van der Waals surface area contributed by atoms with Crippen molar-refractivity contribution in [3.8, 4) is 22.6 Å². The zero-order valence-electron chi connectivity index (χ0n) is 18.6. The highest BCUT2D eigenvalue weighted by Gasteiger charge is 2.30. The first-order valence-corrected chi connectivity index (χ1v) is 11.2. The number of anilines is 1. The summed E-state index contributed by atoms with van der Waals surface area (Å²) in [4.78, 5) is 29.4. The van der Waals surface area contributed by atoms with Gasteiger partial charge in [-0.3, -0.25) is 9.78 Å². The van der Waals surface area contributed by atoms with Gasteiger partial charge in [0.25, 0.3) is 0 Å². The van der Waals surface area contributed by atoms with Crippen LogP contribution in [0.2, 0.25) is 0 Å². The number of fused-ring (bicyclic) bond motifs is 1. The van der Waals surface area contributed by atoms with Crippen LogP contribution in [0.15, 0.2) is 54.9 Å². The van der Waals surface area contributed by atoms with E-state index in [0.717, 1.165) is 49.4 Å². The highest BCUT2D eigenvalue weighted by Crippen LogP contribution is 2.32. The predicted molar refractivity (Wildman–Crippen MR) is 125 cm³/mol. The number of H-pyrrole nitrogens is 1. The molecule has 1 saturated heterocycles. The van der Waals surface area contributed by atoms with Gasteiger partial charge in [-0.1, -0.05) is 0 Å². The normalized spacial score (nSPS) is 15.0. The van der Waals surface area contributed by atoms with Crippen molar-refractivity contribution in [2.24, 2.45) is 5.92 Å². The van der Waals surface area contributed by atoms with E-state index in [0.29, 0.717) is 28.1 Å². The minimum absolute atomic E-state index is 0.212. The number of hydrogen-bond acceptors (Lipinski definition) is 5. The number of imidazole rings is 1.